The first-order chi connectivity index (χ1) is 6.80. The van der Waals surface area contributed by atoms with E-state index in [1.54, 1.807) is 0 Å². The van der Waals surface area contributed by atoms with Gasteiger partial charge >= 0.3 is 12.1 Å². The number of pyridine rings is 1. The van der Waals surface area contributed by atoms with Crippen LogP contribution in [0.3, 0.4) is 0 Å². The number of hydrogen-bond donors (Lipinski definition) is 1. The molecule has 82 valence electrons. The third kappa shape index (κ3) is 3.19. The van der Waals surface area contributed by atoms with Gasteiger partial charge < -0.3 is 5.11 Å². The van der Waals surface area contributed by atoms with Crippen molar-refractivity contribution in [2.24, 2.45) is 0 Å². The van der Waals surface area contributed by atoms with Crippen molar-refractivity contribution >= 4 is 21.9 Å². The quantitative estimate of drug-likeness (QED) is 0.849. The molecule has 3 nitrogen and oxygen atoms in total. The molecule has 1 aromatic heterocycles. The molecule has 1 aromatic rings. The zero-order valence-corrected chi connectivity index (χ0v) is 8.76. The van der Waals surface area contributed by atoms with Crippen LogP contribution < -0.4 is 0 Å². The Morgan fingerprint density at radius 1 is 1.47 bits per heavy atom. The predicted octanol–water partition coefficient (Wildman–Crippen LogP) is 2.49. The van der Waals surface area contributed by atoms with Crippen molar-refractivity contribution in [1.29, 1.82) is 0 Å². The van der Waals surface area contributed by atoms with Gasteiger partial charge in [-0.15, -0.1) is 0 Å². The van der Waals surface area contributed by atoms with Crippen molar-refractivity contribution < 1.29 is 23.1 Å². The van der Waals surface area contributed by atoms with Crippen LogP contribution in [-0.2, 0) is 17.4 Å². The number of hydrogen-bond acceptors (Lipinski definition) is 2. The largest absolute Gasteiger partial charge is 0.481 e. The van der Waals surface area contributed by atoms with Crippen LogP contribution in [-0.4, -0.2) is 16.1 Å². The molecule has 0 bridgehead atoms. The molecular weight excluding hydrogens is 279 g/mol. The molecule has 0 aromatic carbocycles. The van der Waals surface area contributed by atoms with Crippen LogP contribution in [0, 0.1) is 0 Å². The molecular formula is C8H5BrF3NO2. The van der Waals surface area contributed by atoms with Gasteiger partial charge in [0.15, 0.2) is 0 Å². The molecule has 0 radical (unpaired) electrons. The molecule has 7 heteroatoms. The third-order valence-electron chi connectivity index (χ3n) is 1.56. The molecule has 0 saturated carbocycles. The molecule has 0 saturated heterocycles. The maximum Gasteiger partial charge on any atom is 0.433 e. The van der Waals surface area contributed by atoms with Crippen molar-refractivity contribution in [2.45, 2.75) is 12.6 Å². The molecule has 1 heterocycles. The molecule has 0 unspecified atom stereocenters. The number of alkyl halides is 3. The molecule has 1 N–H and O–H groups in total. The van der Waals surface area contributed by atoms with E-state index in [-0.39, 0.29) is 16.6 Å². The fourth-order valence-corrected chi connectivity index (χ4v) is 1.38. The van der Waals surface area contributed by atoms with Crippen LogP contribution in [0.25, 0.3) is 0 Å². The number of rotatable bonds is 2. The summed E-state index contributed by atoms with van der Waals surface area (Å²) in [5, 5.41) is 8.45. The van der Waals surface area contributed by atoms with Crippen LogP contribution in [0.5, 0.6) is 0 Å². The van der Waals surface area contributed by atoms with Crippen molar-refractivity contribution in [2.75, 3.05) is 0 Å². The highest BCUT2D eigenvalue weighted by Gasteiger charge is 2.32. The number of carbonyl (C=O) groups is 1. The Kier molecular flexibility index (Phi) is 3.33. The maximum atomic E-state index is 12.2. The molecule has 0 aliphatic heterocycles. The summed E-state index contributed by atoms with van der Waals surface area (Å²) >= 11 is 2.79. The SMILES string of the molecule is O=C(O)Cc1ccc(C(F)(F)F)nc1Br. The summed E-state index contributed by atoms with van der Waals surface area (Å²) in [6, 6.07) is 1.84. The van der Waals surface area contributed by atoms with Gasteiger partial charge in [-0.3, -0.25) is 4.79 Å². The van der Waals surface area contributed by atoms with Gasteiger partial charge in [0.2, 0.25) is 0 Å². The molecule has 1 rings (SSSR count). The monoisotopic (exact) mass is 283 g/mol. The first kappa shape index (κ1) is 12.0. The zero-order valence-electron chi connectivity index (χ0n) is 7.18. The van der Waals surface area contributed by atoms with Crippen molar-refractivity contribution in [3.63, 3.8) is 0 Å². The Hall–Kier alpha value is -1.11. The summed E-state index contributed by atoms with van der Waals surface area (Å²) in [6.07, 6.45) is -4.89. The van der Waals surface area contributed by atoms with E-state index in [9.17, 15) is 18.0 Å². The van der Waals surface area contributed by atoms with E-state index >= 15 is 0 Å². The van der Waals surface area contributed by atoms with Gasteiger partial charge in [-0.2, -0.15) is 13.2 Å². The summed E-state index contributed by atoms with van der Waals surface area (Å²) < 4.78 is 36.4. The minimum Gasteiger partial charge on any atom is -0.481 e. The summed E-state index contributed by atoms with van der Waals surface area (Å²) in [4.78, 5) is 13.6. The normalized spacial score (nSPS) is 11.5. The average molecular weight is 284 g/mol. The zero-order chi connectivity index (χ0) is 11.6. The lowest BCUT2D eigenvalue weighted by Crippen LogP contribution is -2.10. The van der Waals surface area contributed by atoms with Gasteiger partial charge in [0.25, 0.3) is 0 Å². The van der Waals surface area contributed by atoms with E-state index in [0.29, 0.717) is 0 Å². The van der Waals surface area contributed by atoms with E-state index in [0.717, 1.165) is 12.1 Å². The molecule has 0 amide bonds. The maximum absolute atomic E-state index is 12.2. The van der Waals surface area contributed by atoms with Crippen molar-refractivity contribution in [3.05, 3.63) is 28.0 Å². The fourth-order valence-electron chi connectivity index (χ4n) is 0.916. The first-order valence-electron chi connectivity index (χ1n) is 3.75. The second-order valence-electron chi connectivity index (χ2n) is 2.71. The number of halogens is 4. The van der Waals surface area contributed by atoms with E-state index in [1.165, 1.54) is 0 Å². The average Bonchev–Trinajstić information content (AvgIpc) is 2.05. The summed E-state index contributed by atoms with van der Waals surface area (Å²) in [6.45, 7) is 0. The van der Waals surface area contributed by atoms with Gasteiger partial charge in [0, 0.05) is 0 Å². The number of carboxylic acids is 1. The van der Waals surface area contributed by atoms with Gasteiger partial charge in [0.1, 0.15) is 10.3 Å². The van der Waals surface area contributed by atoms with Gasteiger partial charge in [-0.1, -0.05) is 6.07 Å². The summed E-state index contributed by atoms with van der Waals surface area (Å²) in [5.74, 6) is -1.13. The highest BCUT2D eigenvalue weighted by Crippen LogP contribution is 2.29. The Morgan fingerprint density at radius 3 is 2.47 bits per heavy atom. The van der Waals surface area contributed by atoms with Crippen LogP contribution in [0.1, 0.15) is 11.3 Å². The molecule has 0 aliphatic rings. The van der Waals surface area contributed by atoms with Crippen LogP contribution in [0.15, 0.2) is 16.7 Å². The van der Waals surface area contributed by atoms with Crippen molar-refractivity contribution in [3.8, 4) is 0 Å². The summed E-state index contributed by atoms with van der Waals surface area (Å²) in [7, 11) is 0. The number of nitrogens with zero attached hydrogens (tertiary/aromatic N) is 1. The predicted molar refractivity (Wildman–Crippen MR) is 48.3 cm³/mol. The number of aromatic nitrogens is 1. The topological polar surface area (TPSA) is 50.2 Å². The Balaban J connectivity index is 3.03. The minimum atomic E-state index is -4.52. The molecule has 0 aliphatic carbocycles. The van der Waals surface area contributed by atoms with E-state index < -0.39 is 17.8 Å². The Labute approximate surface area is 91.1 Å². The highest BCUT2D eigenvalue weighted by atomic mass is 79.9. The minimum absolute atomic E-state index is 0.0975. The first-order valence-corrected chi connectivity index (χ1v) is 4.54. The summed E-state index contributed by atoms with van der Waals surface area (Å²) in [5.41, 5.74) is -0.848. The molecule has 0 fully saturated rings. The lowest BCUT2D eigenvalue weighted by atomic mass is 10.2. The van der Waals surface area contributed by atoms with Gasteiger partial charge in [-0.05, 0) is 27.6 Å². The van der Waals surface area contributed by atoms with Gasteiger partial charge in [0.05, 0.1) is 6.42 Å². The Morgan fingerprint density at radius 2 is 2.07 bits per heavy atom. The number of carboxylic acid groups (broad SMARTS) is 1. The standard InChI is InChI=1S/C8H5BrF3NO2/c9-7-4(3-6(14)15)1-2-5(13-7)8(10,11)12/h1-2H,3H2,(H,14,15). The number of aliphatic carboxylic acids is 1. The second kappa shape index (κ2) is 4.18. The lowest BCUT2D eigenvalue weighted by molar-refractivity contribution is -0.141. The van der Waals surface area contributed by atoms with E-state index in [4.69, 9.17) is 5.11 Å². The van der Waals surface area contributed by atoms with Crippen molar-refractivity contribution in [1.82, 2.24) is 4.98 Å². The fraction of sp³-hybridized carbons (Fsp3) is 0.250. The smallest absolute Gasteiger partial charge is 0.433 e. The van der Waals surface area contributed by atoms with Crippen LogP contribution in [0.2, 0.25) is 0 Å². The Bertz CT molecular complexity index is 392. The van der Waals surface area contributed by atoms with Crippen LogP contribution >= 0.6 is 15.9 Å². The molecule has 0 atom stereocenters. The van der Waals surface area contributed by atoms with E-state index in [2.05, 4.69) is 20.9 Å². The second-order valence-corrected chi connectivity index (χ2v) is 3.47. The molecule has 0 spiro atoms. The highest BCUT2D eigenvalue weighted by molar-refractivity contribution is 9.10. The third-order valence-corrected chi connectivity index (χ3v) is 2.24. The lowest BCUT2D eigenvalue weighted by Gasteiger charge is -2.07. The van der Waals surface area contributed by atoms with E-state index in [1.807, 2.05) is 0 Å². The van der Waals surface area contributed by atoms with Crippen LogP contribution in [0.4, 0.5) is 13.2 Å². The molecule has 15 heavy (non-hydrogen) atoms. The van der Waals surface area contributed by atoms with Gasteiger partial charge in [-0.25, -0.2) is 4.98 Å².